The number of hydrogen-bond acceptors (Lipinski definition) is 1. The molecule has 0 bridgehead atoms. The highest BCUT2D eigenvalue weighted by Gasteiger charge is 2.26. The fraction of sp³-hybridized carbons (Fsp3) is 0.294. The Kier molecular flexibility index (Phi) is 3.77. The molecule has 3 heteroatoms. The minimum atomic E-state index is -0.369. The highest BCUT2D eigenvalue weighted by atomic mass is 35.5. The van der Waals surface area contributed by atoms with Crippen molar-refractivity contribution in [2.45, 2.75) is 25.3 Å². The van der Waals surface area contributed by atoms with Gasteiger partial charge in [0.15, 0.2) is 0 Å². The van der Waals surface area contributed by atoms with Crippen molar-refractivity contribution in [1.29, 1.82) is 0 Å². The second-order valence-electron chi connectivity index (χ2n) is 5.55. The van der Waals surface area contributed by atoms with Crippen molar-refractivity contribution in [3.63, 3.8) is 0 Å². The summed E-state index contributed by atoms with van der Waals surface area (Å²) in [5, 5.41) is 0.163. The SMILES string of the molecule is NC(Cc1ccc(Cl)c(F)c1)C1Cc2ccccc2C1. The van der Waals surface area contributed by atoms with Crippen LogP contribution in [0.2, 0.25) is 5.02 Å². The molecular weight excluding hydrogens is 273 g/mol. The van der Waals surface area contributed by atoms with Gasteiger partial charge in [-0.15, -0.1) is 0 Å². The van der Waals surface area contributed by atoms with Gasteiger partial charge in [0, 0.05) is 6.04 Å². The average Bonchev–Trinajstić information content (AvgIpc) is 2.87. The van der Waals surface area contributed by atoms with Gasteiger partial charge in [-0.1, -0.05) is 41.9 Å². The van der Waals surface area contributed by atoms with Crippen LogP contribution < -0.4 is 5.73 Å². The van der Waals surface area contributed by atoms with E-state index in [2.05, 4.69) is 24.3 Å². The number of fused-ring (bicyclic) bond motifs is 1. The van der Waals surface area contributed by atoms with E-state index < -0.39 is 0 Å². The van der Waals surface area contributed by atoms with Crippen molar-refractivity contribution in [2.24, 2.45) is 11.7 Å². The van der Waals surface area contributed by atoms with Gasteiger partial charge in [-0.25, -0.2) is 4.39 Å². The predicted octanol–water partition coefficient (Wildman–Crippen LogP) is 3.76. The Bertz CT molecular complexity index is 601. The van der Waals surface area contributed by atoms with E-state index in [-0.39, 0.29) is 16.9 Å². The van der Waals surface area contributed by atoms with Crippen molar-refractivity contribution < 1.29 is 4.39 Å². The Balaban J connectivity index is 1.69. The van der Waals surface area contributed by atoms with Crippen LogP contribution in [0.4, 0.5) is 4.39 Å². The number of halogens is 2. The lowest BCUT2D eigenvalue weighted by Gasteiger charge is -2.19. The number of rotatable bonds is 3. The van der Waals surface area contributed by atoms with E-state index >= 15 is 0 Å². The molecule has 0 fully saturated rings. The third-order valence-electron chi connectivity index (χ3n) is 4.14. The molecule has 2 aromatic carbocycles. The van der Waals surface area contributed by atoms with Gasteiger partial charge in [-0.3, -0.25) is 0 Å². The zero-order valence-corrected chi connectivity index (χ0v) is 11.9. The summed E-state index contributed by atoms with van der Waals surface area (Å²) in [6.45, 7) is 0. The van der Waals surface area contributed by atoms with Crippen molar-refractivity contribution in [2.75, 3.05) is 0 Å². The van der Waals surface area contributed by atoms with E-state index in [1.54, 1.807) is 6.07 Å². The first kappa shape index (κ1) is 13.6. The van der Waals surface area contributed by atoms with E-state index in [4.69, 9.17) is 17.3 Å². The molecule has 0 heterocycles. The molecule has 1 atom stereocenters. The largest absolute Gasteiger partial charge is 0.327 e. The van der Waals surface area contributed by atoms with Crippen LogP contribution in [0.5, 0.6) is 0 Å². The first-order valence-corrected chi connectivity index (χ1v) is 7.27. The third-order valence-corrected chi connectivity index (χ3v) is 4.45. The van der Waals surface area contributed by atoms with Crippen molar-refractivity contribution in [3.05, 3.63) is 70.0 Å². The zero-order chi connectivity index (χ0) is 14.1. The first-order chi connectivity index (χ1) is 9.63. The molecule has 20 heavy (non-hydrogen) atoms. The summed E-state index contributed by atoms with van der Waals surface area (Å²) in [4.78, 5) is 0. The molecule has 3 rings (SSSR count). The van der Waals surface area contributed by atoms with Crippen molar-refractivity contribution in [1.82, 2.24) is 0 Å². The Hall–Kier alpha value is -1.38. The van der Waals surface area contributed by atoms with Crippen molar-refractivity contribution in [3.8, 4) is 0 Å². The van der Waals surface area contributed by atoms with E-state index in [0.717, 1.165) is 18.4 Å². The third kappa shape index (κ3) is 2.72. The maximum absolute atomic E-state index is 13.4. The minimum absolute atomic E-state index is 0.0444. The Morgan fingerprint density at radius 1 is 1.15 bits per heavy atom. The van der Waals surface area contributed by atoms with Gasteiger partial charge in [0.1, 0.15) is 5.82 Å². The second-order valence-corrected chi connectivity index (χ2v) is 5.96. The summed E-state index contributed by atoms with van der Waals surface area (Å²) in [5.74, 6) is 0.0669. The molecule has 1 aliphatic rings. The van der Waals surface area contributed by atoms with Gasteiger partial charge in [-0.2, -0.15) is 0 Å². The van der Waals surface area contributed by atoms with Crippen LogP contribution in [0, 0.1) is 11.7 Å². The standard InChI is InChI=1S/C17H17ClFN/c18-15-6-5-11(7-16(15)19)8-17(20)14-9-12-3-1-2-4-13(12)10-14/h1-7,14,17H,8-10,20H2. The molecule has 0 spiro atoms. The summed E-state index contributed by atoms with van der Waals surface area (Å²) >= 11 is 5.70. The van der Waals surface area contributed by atoms with E-state index in [1.807, 2.05) is 6.07 Å². The van der Waals surface area contributed by atoms with Gasteiger partial charge in [0.2, 0.25) is 0 Å². The minimum Gasteiger partial charge on any atom is -0.327 e. The molecule has 0 aromatic heterocycles. The van der Waals surface area contributed by atoms with E-state index in [1.165, 1.54) is 17.2 Å². The molecule has 0 aliphatic heterocycles. The highest BCUT2D eigenvalue weighted by Crippen LogP contribution is 2.29. The Morgan fingerprint density at radius 3 is 2.40 bits per heavy atom. The summed E-state index contributed by atoms with van der Waals surface area (Å²) in [6, 6.07) is 13.5. The maximum Gasteiger partial charge on any atom is 0.142 e. The smallest absolute Gasteiger partial charge is 0.142 e. The molecule has 0 amide bonds. The van der Waals surface area contributed by atoms with Gasteiger partial charge in [-0.05, 0) is 54.0 Å². The maximum atomic E-state index is 13.4. The topological polar surface area (TPSA) is 26.0 Å². The summed E-state index contributed by atoms with van der Waals surface area (Å²) in [5.41, 5.74) is 10.0. The van der Waals surface area contributed by atoms with E-state index in [0.29, 0.717) is 12.3 Å². The van der Waals surface area contributed by atoms with Crippen molar-refractivity contribution >= 4 is 11.6 Å². The van der Waals surface area contributed by atoms with E-state index in [9.17, 15) is 4.39 Å². The quantitative estimate of drug-likeness (QED) is 0.915. The van der Waals surface area contributed by atoms with Crippen LogP contribution >= 0.6 is 11.6 Å². The number of hydrogen-bond donors (Lipinski definition) is 1. The predicted molar refractivity (Wildman–Crippen MR) is 80.4 cm³/mol. The molecule has 0 radical (unpaired) electrons. The first-order valence-electron chi connectivity index (χ1n) is 6.90. The normalized spacial score (nSPS) is 16.1. The fourth-order valence-corrected chi connectivity index (χ4v) is 3.12. The molecule has 2 aromatic rings. The molecular formula is C17H17ClFN. The van der Waals surface area contributed by atoms with Crippen LogP contribution in [0.1, 0.15) is 16.7 Å². The van der Waals surface area contributed by atoms with Crippen LogP contribution in [-0.4, -0.2) is 6.04 Å². The second kappa shape index (κ2) is 5.55. The van der Waals surface area contributed by atoms with Crippen LogP contribution in [-0.2, 0) is 19.3 Å². The molecule has 104 valence electrons. The number of nitrogens with two attached hydrogens (primary N) is 1. The monoisotopic (exact) mass is 289 g/mol. The molecule has 2 N–H and O–H groups in total. The van der Waals surface area contributed by atoms with Gasteiger partial charge in [0.05, 0.1) is 5.02 Å². The molecule has 1 nitrogen and oxygen atoms in total. The Morgan fingerprint density at radius 2 is 1.80 bits per heavy atom. The molecule has 0 saturated heterocycles. The van der Waals surface area contributed by atoms with Crippen LogP contribution in [0.3, 0.4) is 0 Å². The van der Waals surface area contributed by atoms with Gasteiger partial charge >= 0.3 is 0 Å². The molecule has 0 saturated carbocycles. The number of benzene rings is 2. The zero-order valence-electron chi connectivity index (χ0n) is 11.2. The lowest BCUT2D eigenvalue weighted by molar-refractivity contribution is 0.436. The Labute approximate surface area is 123 Å². The summed E-state index contributed by atoms with van der Waals surface area (Å²) in [7, 11) is 0. The van der Waals surface area contributed by atoms with Crippen LogP contribution in [0.15, 0.2) is 42.5 Å². The lowest BCUT2D eigenvalue weighted by atomic mass is 9.92. The van der Waals surface area contributed by atoms with Gasteiger partial charge < -0.3 is 5.73 Å². The summed E-state index contributed by atoms with van der Waals surface area (Å²) in [6.07, 6.45) is 2.73. The molecule has 1 unspecified atom stereocenters. The van der Waals surface area contributed by atoms with Gasteiger partial charge in [0.25, 0.3) is 0 Å². The molecule has 1 aliphatic carbocycles. The lowest BCUT2D eigenvalue weighted by Crippen LogP contribution is -2.32. The fourth-order valence-electron chi connectivity index (χ4n) is 3.00. The highest BCUT2D eigenvalue weighted by molar-refractivity contribution is 6.30. The van der Waals surface area contributed by atoms with Crippen LogP contribution in [0.25, 0.3) is 0 Å². The summed E-state index contributed by atoms with van der Waals surface area (Å²) < 4.78 is 13.4. The average molecular weight is 290 g/mol.